The zero-order chi connectivity index (χ0) is 11.5. The summed E-state index contributed by atoms with van der Waals surface area (Å²) in [4.78, 5) is 10.9. The molecular formula is C9H17NO4S. The lowest BCUT2D eigenvalue weighted by atomic mass is 9.93. The van der Waals surface area contributed by atoms with Crippen molar-refractivity contribution in [3.63, 3.8) is 0 Å². The molecule has 1 rings (SSSR count). The molecule has 1 heterocycles. The van der Waals surface area contributed by atoms with E-state index < -0.39 is 9.84 Å². The maximum Gasteiger partial charge on any atom is 0.305 e. The first-order valence-corrected chi connectivity index (χ1v) is 6.79. The number of methoxy groups -OCH3 is 1. The molecule has 0 aromatic heterocycles. The van der Waals surface area contributed by atoms with Crippen LogP contribution < -0.4 is 5.73 Å². The van der Waals surface area contributed by atoms with Gasteiger partial charge < -0.3 is 10.5 Å². The Morgan fingerprint density at radius 3 is 2.73 bits per heavy atom. The summed E-state index contributed by atoms with van der Waals surface area (Å²) < 4.78 is 27.0. The van der Waals surface area contributed by atoms with Crippen LogP contribution in [0.4, 0.5) is 0 Å². The summed E-state index contributed by atoms with van der Waals surface area (Å²) in [6, 6.07) is -0.339. The molecule has 15 heavy (non-hydrogen) atoms. The zero-order valence-electron chi connectivity index (χ0n) is 8.81. The van der Waals surface area contributed by atoms with E-state index >= 15 is 0 Å². The van der Waals surface area contributed by atoms with Crippen LogP contribution in [0, 0.1) is 5.92 Å². The second-order valence-corrected chi connectivity index (χ2v) is 6.17. The van der Waals surface area contributed by atoms with Crippen LogP contribution in [0.2, 0.25) is 0 Å². The van der Waals surface area contributed by atoms with Gasteiger partial charge in [0, 0.05) is 12.5 Å². The fourth-order valence-corrected chi connectivity index (χ4v) is 3.51. The summed E-state index contributed by atoms with van der Waals surface area (Å²) in [6.07, 6.45) is 1.48. The largest absolute Gasteiger partial charge is 0.469 e. The molecule has 0 spiro atoms. The zero-order valence-corrected chi connectivity index (χ0v) is 9.63. The Balaban J connectivity index is 2.42. The molecule has 0 radical (unpaired) electrons. The molecule has 1 fully saturated rings. The molecule has 0 amide bonds. The van der Waals surface area contributed by atoms with Crippen molar-refractivity contribution in [2.75, 3.05) is 18.6 Å². The van der Waals surface area contributed by atoms with Gasteiger partial charge in [-0.1, -0.05) is 0 Å². The first kappa shape index (κ1) is 12.4. The van der Waals surface area contributed by atoms with Crippen molar-refractivity contribution in [3.8, 4) is 0 Å². The minimum atomic E-state index is -2.95. The minimum Gasteiger partial charge on any atom is -0.469 e. The Morgan fingerprint density at radius 2 is 2.20 bits per heavy atom. The van der Waals surface area contributed by atoms with Crippen LogP contribution in [0.3, 0.4) is 0 Å². The van der Waals surface area contributed by atoms with Gasteiger partial charge in [0.1, 0.15) is 0 Å². The normalized spacial score (nSPS) is 29.7. The van der Waals surface area contributed by atoms with Crippen molar-refractivity contribution in [2.24, 2.45) is 11.7 Å². The molecule has 2 atom stereocenters. The summed E-state index contributed by atoms with van der Waals surface area (Å²) in [5, 5.41) is 0. The van der Waals surface area contributed by atoms with Crippen LogP contribution in [-0.2, 0) is 19.4 Å². The van der Waals surface area contributed by atoms with Gasteiger partial charge >= 0.3 is 5.97 Å². The molecule has 0 unspecified atom stereocenters. The third-order valence-corrected chi connectivity index (χ3v) is 4.55. The molecule has 0 aromatic rings. The second kappa shape index (κ2) is 4.94. The number of ether oxygens (including phenoxy) is 1. The number of hydrogen-bond acceptors (Lipinski definition) is 5. The van der Waals surface area contributed by atoms with Crippen LogP contribution in [0.25, 0.3) is 0 Å². The average molecular weight is 235 g/mol. The highest BCUT2D eigenvalue weighted by Gasteiger charge is 2.30. The van der Waals surface area contributed by atoms with E-state index in [2.05, 4.69) is 4.74 Å². The smallest absolute Gasteiger partial charge is 0.305 e. The van der Waals surface area contributed by atoms with Gasteiger partial charge in [0.2, 0.25) is 0 Å². The number of esters is 1. The van der Waals surface area contributed by atoms with E-state index in [1.807, 2.05) is 0 Å². The number of carbonyl (C=O) groups is 1. The fourth-order valence-electron chi connectivity index (χ4n) is 1.82. The van der Waals surface area contributed by atoms with Gasteiger partial charge in [0.15, 0.2) is 9.84 Å². The average Bonchev–Trinajstić information content (AvgIpc) is 2.15. The van der Waals surface area contributed by atoms with Gasteiger partial charge in [-0.05, 0) is 18.8 Å². The number of carbonyl (C=O) groups excluding carboxylic acids is 1. The SMILES string of the molecule is COC(=O)CC[C@@H]1CCS(=O)(=O)C[C@@H]1N. The molecule has 0 aliphatic carbocycles. The number of rotatable bonds is 3. The molecule has 0 bridgehead atoms. The van der Waals surface area contributed by atoms with E-state index in [1.165, 1.54) is 7.11 Å². The monoisotopic (exact) mass is 235 g/mol. The number of hydrogen-bond donors (Lipinski definition) is 1. The van der Waals surface area contributed by atoms with Gasteiger partial charge in [-0.2, -0.15) is 0 Å². The summed E-state index contributed by atoms with van der Waals surface area (Å²) in [6.45, 7) is 0. The molecular weight excluding hydrogens is 218 g/mol. The molecule has 1 aliphatic heterocycles. The quantitative estimate of drug-likeness (QED) is 0.679. The Morgan fingerprint density at radius 1 is 1.53 bits per heavy atom. The highest BCUT2D eigenvalue weighted by Crippen LogP contribution is 2.22. The van der Waals surface area contributed by atoms with Gasteiger partial charge in [0.25, 0.3) is 0 Å². The topological polar surface area (TPSA) is 86.5 Å². The summed E-state index contributed by atoms with van der Waals surface area (Å²) >= 11 is 0. The number of nitrogens with two attached hydrogens (primary N) is 1. The first-order chi connectivity index (χ1) is 6.94. The Hall–Kier alpha value is -0.620. The van der Waals surface area contributed by atoms with Crippen LogP contribution in [0.5, 0.6) is 0 Å². The van der Waals surface area contributed by atoms with Crippen molar-refractivity contribution in [3.05, 3.63) is 0 Å². The molecule has 0 aromatic carbocycles. The maximum absolute atomic E-state index is 11.2. The van der Waals surface area contributed by atoms with Gasteiger partial charge in [-0.3, -0.25) is 4.79 Å². The second-order valence-electron chi connectivity index (χ2n) is 3.94. The third kappa shape index (κ3) is 3.79. The van der Waals surface area contributed by atoms with E-state index in [0.29, 0.717) is 19.3 Å². The predicted molar refractivity (Wildman–Crippen MR) is 56.0 cm³/mol. The van der Waals surface area contributed by atoms with Crippen molar-refractivity contribution < 1.29 is 17.9 Å². The maximum atomic E-state index is 11.2. The molecule has 5 nitrogen and oxygen atoms in total. The van der Waals surface area contributed by atoms with Crippen molar-refractivity contribution in [1.82, 2.24) is 0 Å². The standard InChI is InChI=1S/C9H17NO4S/c1-14-9(11)3-2-7-4-5-15(12,13)6-8(7)10/h7-8H,2-6,10H2,1H3/t7-,8+/m1/s1. The van der Waals surface area contributed by atoms with E-state index in [-0.39, 0.29) is 29.4 Å². The lowest BCUT2D eigenvalue weighted by Crippen LogP contribution is -2.43. The Labute approximate surface area is 89.9 Å². The molecule has 6 heteroatoms. The Kier molecular flexibility index (Phi) is 4.10. The van der Waals surface area contributed by atoms with E-state index in [1.54, 1.807) is 0 Å². The van der Waals surface area contributed by atoms with Gasteiger partial charge in [-0.15, -0.1) is 0 Å². The lowest BCUT2D eigenvalue weighted by Gasteiger charge is -2.28. The first-order valence-electron chi connectivity index (χ1n) is 4.97. The van der Waals surface area contributed by atoms with Gasteiger partial charge in [-0.25, -0.2) is 8.42 Å². The van der Waals surface area contributed by atoms with Crippen molar-refractivity contribution >= 4 is 15.8 Å². The van der Waals surface area contributed by atoms with Crippen LogP contribution >= 0.6 is 0 Å². The minimum absolute atomic E-state index is 0.0405. The van der Waals surface area contributed by atoms with E-state index in [9.17, 15) is 13.2 Å². The van der Waals surface area contributed by atoms with Crippen molar-refractivity contribution in [1.29, 1.82) is 0 Å². The molecule has 0 saturated carbocycles. The molecule has 2 N–H and O–H groups in total. The molecule has 1 aliphatic rings. The summed E-state index contributed by atoms with van der Waals surface area (Å²) in [5.41, 5.74) is 5.75. The van der Waals surface area contributed by atoms with Crippen molar-refractivity contribution in [2.45, 2.75) is 25.3 Å². The van der Waals surface area contributed by atoms with Gasteiger partial charge in [0.05, 0.1) is 18.6 Å². The van der Waals surface area contributed by atoms with Crippen LogP contribution in [0.1, 0.15) is 19.3 Å². The third-order valence-electron chi connectivity index (χ3n) is 2.80. The lowest BCUT2D eigenvalue weighted by molar-refractivity contribution is -0.140. The Bertz CT molecular complexity index is 325. The summed E-state index contributed by atoms with van der Waals surface area (Å²) in [5.74, 6) is 0.0778. The van der Waals surface area contributed by atoms with Crippen LogP contribution in [-0.4, -0.2) is 39.0 Å². The number of sulfone groups is 1. The summed E-state index contributed by atoms with van der Waals surface area (Å²) in [7, 11) is -1.61. The van der Waals surface area contributed by atoms with E-state index in [0.717, 1.165) is 0 Å². The highest BCUT2D eigenvalue weighted by atomic mass is 32.2. The molecule has 88 valence electrons. The fraction of sp³-hybridized carbons (Fsp3) is 0.889. The highest BCUT2D eigenvalue weighted by molar-refractivity contribution is 7.91. The predicted octanol–water partition coefficient (Wildman–Crippen LogP) is -0.298. The molecule has 1 saturated heterocycles. The van der Waals surface area contributed by atoms with E-state index in [4.69, 9.17) is 5.73 Å². The van der Waals surface area contributed by atoms with Crippen LogP contribution in [0.15, 0.2) is 0 Å².